The molecule has 0 atom stereocenters. The summed E-state index contributed by atoms with van der Waals surface area (Å²) in [6, 6.07) is 8.59. The summed E-state index contributed by atoms with van der Waals surface area (Å²) in [6.45, 7) is 0. The van der Waals surface area contributed by atoms with Crippen LogP contribution in [0.4, 0.5) is 0 Å². The maximum atomic E-state index is 4.03. The van der Waals surface area contributed by atoms with Crippen molar-refractivity contribution in [3.05, 3.63) is 49.1 Å². The van der Waals surface area contributed by atoms with Crippen molar-refractivity contribution in [3.8, 4) is 0 Å². The summed E-state index contributed by atoms with van der Waals surface area (Å²) in [5.74, 6) is 0. The fraction of sp³-hybridized carbons (Fsp3) is 0. The average molecular weight is 411 g/mol. The van der Waals surface area contributed by atoms with Gasteiger partial charge in [-0.3, -0.25) is 0 Å². The Bertz CT molecular complexity index is 338. The molecule has 0 aliphatic carbocycles. The molecule has 14 heavy (non-hydrogen) atoms. The Kier molecular flexibility index (Phi) is 4.22. The van der Waals surface area contributed by atoms with Gasteiger partial charge in [0.15, 0.2) is 0 Å². The Morgan fingerprint density at radius 1 is 0.643 bits per heavy atom. The maximum absolute atomic E-state index is 4.03. The summed E-state index contributed by atoms with van der Waals surface area (Å²) in [5.41, 5.74) is 0. The second kappa shape index (κ2) is 5.69. The van der Waals surface area contributed by atoms with Gasteiger partial charge in [0.05, 0.1) is 0 Å². The van der Waals surface area contributed by atoms with Crippen LogP contribution in [0.1, 0.15) is 0 Å². The van der Waals surface area contributed by atoms with E-state index in [2.05, 4.69) is 34.2 Å². The SMILES string of the molecule is c1cc([Te][Te]c2ccncc2)ccn1. The van der Waals surface area contributed by atoms with Crippen molar-refractivity contribution >= 4 is 41.3 Å². The van der Waals surface area contributed by atoms with E-state index >= 15 is 0 Å². The fourth-order valence-corrected chi connectivity index (χ4v) is 10.7. The molecule has 2 aromatic heterocycles. The summed E-state index contributed by atoms with van der Waals surface area (Å²) in [4.78, 5) is 8.05. The molecule has 0 spiro atoms. The van der Waals surface area contributed by atoms with Gasteiger partial charge in [-0.1, -0.05) is 0 Å². The second-order valence-electron chi connectivity index (χ2n) is 2.53. The standard InChI is InChI=1S/C10H8N2Te2/c1-5-11-6-2-9(1)13-14-10-3-7-12-8-4-10/h1-8H. The van der Waals surface area contributed by atoms with E-state index in [0.29, 0.717) is 0 Å². The molecule has 0 fully saturated rings. The van der Waals surface area contributed by atoms with E-state index in [0.717, 1.165) is 0 Å². The van der Waals surface area contributed by atoms with Gasteiger partial charge >= 0.3 is 100 Å². The zero-order chi connectivity index (χ0) is 9.64. The Morgan fingerprint density at radius 2 is 1.00 bits per heavy atom. The average Bonchev–Trinajstić information content (AvgIpc) is 2.29. The number of rotatable bonds is 3. The van der Waals surface area contributed by atoms with E-state index in [4.69, 9.17) is 0 Å². The molecule has 2 nitrogen and oxygen atoms in total. The van der Waals surface area contributed by atoms with Crippen molar-refractivity contribution in [2.24, 2.45) is 0 Å². The van der Waals surface area contributed by atoms with Crippen LogP contribution in [0.15, 0.2) is 49.1 Å². The van der Waals surface area contributed by atoms with Crippen LogP contribution in [0.3, 0.4) is 0 Å². The van der Waals surface area contributed by atoms with Gasteiger partial charge in [-0.2, -0.15) is 0 Å². The first kappa shape index (κ1) is 10.4. The monoisotopic (exact) mass is 416 g/mol. The molecule has 0 unspecified atom stereocenters. The molecule has 0 aliphatic heterocycles. The zero-order valence-corrected chi connectivity index (χ0v) is 12.0. The summed E-state index contributed by atoms with van der Waals surface area (Å²) < 4.78 is 3.04. The minimum atomic E-state index is 0.0319. The van der Waals surface area contributed by atoms with Crippen molar-refractivity contribution in [2.45, 2.75) is 0 Å². The number of nitrogens with zero attached hydrogens (tertiary/aromatic N) is 2. The van der Waals surface area contributed by atoms with Crippen LogP contribution < -0.4 is 7.22 Å². The van der Waals surface area contributed by atoms with E-state index in [1.807, 2.05) is 24.8 Å². The van der Waals surface area contributed by atoms with Crippen LogP contribution in [0.5, 0.6) is 0 Å². The van der Waals surface area contributed by atoms with Gasteiger partial charge in [-0.15, -0.1) is 0 Å². The predicted octanol–water partition coefficient (Wildman–Crippen LogP) is -0.249. The Hall–Kier alpha value is -0.121. The molecule has 0 saturated heterocycles. The first-order chi connectivity index (χ1) is 6.95. The molecular weight excluding hydrogens is 403 g/mol. The molecule has 0 radical (unpaired) electrons. The topological polar surface area (TPSA) is 25.8 Å². The van der Waals surface area contributed by atoms with Crippen molar-refractivity contribution in [1.29, 1.82) is 0 Å². The molecule has 0 aromatic carbocycles. The van der Waals surface area contributed by atoms with Gasteiger partial charge < -0.3 is 0 Å². The van der Waals surface area contributed by atoms with Gasteiger partial charge in [-0.05, 0) is 0 Å². The Morgan fingerprint density at radius 3 is 1.36 bits per heavy atom. The van der Waals surface area contributed by atoms with Crippen LogP contribution in [0.25, 0.3) is 0 Å². The molecule has 0 aliphatic rings. The molecule has 0 saturated carbocycles. The molecule has 2 heterocycles. The number of aromatic nitrogens is 2. The van der Waals surface area contributed by atoms with E-state index in [-0.39, 0.29) is 34.1 Å². The second-order valence-corrected chi connectivity index (χ2v) is 12.6. The van der Waals surface area contributed by atoms with E-state index < -0.39 is 0 Å². The number of pyridine rings is 2. The third kappa shape index (κ3) is 3.23. The summed E-state index contributed by atoms with van der Waals surface area (Å²) in [7, 11) is 0. The quantitative estimate of drug-likeness (QED) is 0.652. The van der Waals surface area contributed by atoms with Crippen molar-refractivity contribution in [2.75, 3.05) is 0 Å². The van der Waals surface area contributed by atoms with Crippen molar-refractivity contribution in [3.63, 3.8) is 0 Å². The van der Waals surface area contributed by atoms with E-state index in [1.54, 1.807) is 0 Å². The minimum absolute atomic E-state index is 0.0319. The van der Waals surface area contributed by atoms with Crippen LogP contribution in [0.2, 0.25) is 0 Å². The molecule has 4 heteroatoms. The van der Waals surface area contributed by atoms with Gasteiger partial charge in [0.25, 0.3) is 0 Å². The van der Waals surface area contributed by atoms with E-state index in [9.17, 15) is 0 Å². The van der Waals surface area contributed by atoms with Crippen LogP contribution in [0, 0.1) is 0 Å². The zero-order valence-electron chi connectivity index (χ0n) is 7.33. The molecule has 0 bridgehead atoms. The van der Waals surface area contributed by atoms with Crippen LogP contribution >= 0.6 is 0 Å². The van der Waals surface area contributed by atoms with E-state index in [1.165, 1.54) is 7.22 Å². The molecular formula is C10H8N2Te2. The van der Waals surface area contributed by atoms with Gasteiger partial charge in [0.1, 0.15) is 0 Å². The molecule has 70 valence electrons. The fourth-order valence-electron chi connectivity index (χ4n) is 0.884. The first-order valence-corrected chi connectivity index (χ1v) is 13.8. The van der Waals surface area contributed by atoms with Gasteiger partial charge in [0.2, 0.25) is 0 Å². The van der Waals surface area contributed by atoms with Crippen molar-refractivity contribution < 1.29 is 0 Å². The summed E-state index contributed by atoms with van der Waals surface area (Å²) in [5, 5.41) is 0. The Labute approximate surface area is 99.5 Å². The first-order valence-electron chi connectivity index (χ1n) is 4.10. The van der Waals surface area contributed by atoms with Crippen LogP contribution in [-0.2, 0) is 0 Å². The molecule has 0 amide bonds. The molecule has 0 N–H and O–H groups in total. The normalized spacial score (nSPS) is 10.0. The Balaban J connectivity index is 1.96. The summed E-state index contributed by atoms with van der Waals surface area (Å²) in [6.07, 6.45) is 7.55. The number of hydrogen-bond donors (Lipinski definition) is 0. The van der Waals surface area contributed by atoms with Gasteiger partial charge in [0, 0.05) is 0 Å². The van der Waals surface area contributed by atoms with Crippen LogP contribution in [-0.4, -0.2) is 44.1 Å². The third-order valence-corrected chi connectivity index (χ3v) is 13.4. The summed E-state index contributed by atoms with van der Waals surface area (Å²) >= 11 is 0.0637. The predicted molar refractivity (Wildman–Crippen MR) is 59.3 cm³/mol. The molecule has 2 aromatic rings. The third-order valence-electron chi connectivity index (χ3n) is 1.53. The molecule has 2 rings (SSSR count). The van der Waals surface area contributed by atoms with Gasteiger partial charge in [-0.25, -0.2) is 0 Å². The van der Waals surface area contributed by atoms with Crippen molar-refractivity contribution in [1.82, 2.24) is 9.97 Å². The number of hydrogen-bond acceptors (Lipinski definition) is 2.